The molecule has 1 aromatic rings. The van der Waals surface area contributed by atoms with Gasteiger partial charge in [-0.25, -0.2) is 4.79 Å². The molecule has 0 N–H and O–H groups in total. The van der Waals surface area contributed by atoms with Crippen molar-refractivity contribution in [2.45, 2.75) is 6.54 Å². The first-order valence-electron chi connectivity index (χ1n) is 5.49. The minimum Gasteiger partial charge on any atom is -0.466 e. The van der Waals surface area contributed by atoms with E-state index in [0.29, 0.717) is 15.8 Å². The van der Waals surface area contributed by atoms with Gasteiger partial charge in [0.2, 0.25) is 0 Å². The molecule has 6 heteroatoms. The molecule has 1 saturated heterocycles. The summed E-state index contributed by atoms with van der Waals surface area (Å²) in [6.45, 7) is 0.407. The van der Waals surface area contributed by atoms with Crippen LogP contribution in [0.5, 0.6) is 0 Å². The number of methoxy groups -OCH3 is 1. The van der Waals surface area contributed by atoms with Crippen molar-refractivity contribution in [3.05, 3.63) is 46.9 Å². The average Bonchev–Trinajstić information content (AvgIpc) is 2.67. The van der Waals surface area contributed by atoms with Crippen LogP contribution in [-0.2, 0) is 20.9 Å². The van der Waals surface area contributed by atoms with Crippen LogP contribution in [-0.4, -0.2) is 28.2 Å². The first-order chi connectivity index (χ1) is 9.11. The molecule has 1 fully saturated rings. The van der Waals surface area contributed by atoms with Crippen molar-refractivity contribution in [2.24, 2.45) is 0 Å². The van der Waals surface area contributed by atoms with Gasteiger partial charge in [0.25, 0.3) is 5.91 Å². The highest BCUT2D eigenvalue weighted by Crippen LogP contribution is 2.31. The lowest BCUT2D eigenvalue weighted by atomic mass is 10.2. The van der Waals surface area contributed by atoms with Crippen LogP contribution in [0.2, 0.25) is 0 Å². The van der Waals surface area contributed by atoms with Crippen molar-refractivity contribution < 1.29 is 14.3 Å². The summed E-state index contributed by atoms with van der Waals surface area (Å²) in [6.07, 6.45) is 1.17. The summed E-state index contributed by atoms with van der Waals surface area (Å²) in [6, 6.07) is 9.55. The smallest absolute Gasteiger partial charge is 0.331 e. The third-order valence-electron chi connectivity index (χ3n) is 2.51. The molecule has 1 aliphatic rings. The summed E-state index contributed by atoms with van der Waals surface area (Å²) in [5.41, 5.74) is 0.984. The number of esters is 1. The number of carbonyl (C=O) groups is 2. The van der Waals surface area contributed by atoms with E-state index in [0.717, 1.165) is 17.3 Å². The molecular formula is C13H11NO3S2. The number of benzene rings is 1. The van der Waals surface area contributed by atoms with Gasteiger partial charge in [-0.05, 0) is 5.56 Å². The van der Waals surface area contributed by atoms with Gasteiger partial charge in [-0.2, -0.15) is 0 Å². The van der Waals surface area contributed by atoms with Gasteiger partial charge < -0.3 is 4.74 Å². The first kappa shape index (κ1) is 13.8. The van der Waals surface area contributed by atoms with Gasteiger partial charge in [0.15, 0.2) is 0 Å². The Kier molecular flexibility index (Phi) is 4.34. The molecule has 0 unspecified atom stereocenters. The van der Waals surface area contributed by atoms with E-state index in [1.807, 2.05) is 30.3 Å². The Morgan fingerprint density at radius 3 is 2.74 bits per heavy atom. The van der Waals surface area contributed by atoms with Crippen molar-refractivity contribution in [3.8, 4) is 0 Å². The summed E-state index contributed by atoms with van der Waals surface area (Å²) in [5, 5.41) is 0. The number of rotatable bonds is 3. The number of ether oxygens (including phenoxy) is 1. The second-order valence-corrected chi connectivity index (χ2v) is 5.45. The van der Waals surface area contributed by atoms with Crippen molar-refractivity contribution in [1.82, 2.24) is 4.90 Å². The maximum Gasteiger partial charge on any atom is 0.331 e. The Balaban J connectivity index is 2.15. The van der Waals surface area contributed by atoms with Gasteiger partial charge in [-0.15, -0.1) is 0 Å². The van der Waals surface area contributed by atoms with Crippen molar-refractivity contribution in [1.29, 1.82) is 0 Å². The zero-order valence-electron chi connectivity index (χ0n) is 10.2. The fourth-order valence-electron chi connectivity index (χ4n) is 1.57. The fourth-order valence-corrected chi connectivity index (χ4v) is 2.78. The normalized spacial score (nSPS) is 17.1. The van der Waals surface area contributed by atoms with Crippen molar-refractivity contribution >= 4 is 40.2 Å². The maximum atomic E-state index is 12.1. The van der Waals surface area contributed by atoms with Crippen LogP contribution in [0.15, 0.2) is 41.3 Å². The molecule has 19 heavy (non-hydrogen) atoms. The zero-order valence-corrected chi connectivity index (χ0v) is 11.8. The summed E-state index contributed by atoms with van der Waals surface area (Å²) in [4.78, 5) is 25.0. The minimum atomic E-state index is -0.555. The Bertz CT molecular complexity index is 554. The molecule has 0 aromatic heterocycles. The van der Waals surface area contributed by atoms with E-state index in [-0.39, 0.29) is 5.91 Å². The molecule has 0 atom stereocenters. The highest BCUT2D eigenvalue weighted by molar-refractivity contribution is 8.26. The van der Waals surface area contributed by atoms with Crippen molar-refractivity contribution in [3.63, 3.8) is 0 Å². The van der Waals surface area contributed by atoms with E-state index in [2.05, 4.69) is 4.74 Å². The van der Waals surface area contributed by atoms with Crippen LogP contribution < -0.4 is 0 Å². The molecule has 0 aliphatic carbocycles. The molecule has 1 aliphatic heterocycles. The van der Waals surface area contributed by atoms with Gasteiger partial charge in [0.1, 0.15) is 4.32 Å². The molecule has 98 valence electrons. The third-order valence-corrected chi connectivity index (χ3v) is 3.89. The van der Waals surface area contributed by atoms with Crippen molar-refractivity contribution in [2.75, 3.05) is 7.11 Å². The van der Waals surface area contributed by atoms with E-state index >= 15 is 0 Å². The van der Waals surface area contributed by atoms with Gasteiger partial charge in [0, 0.05) is 6.08 Å². The molecule has 0 radical (unpaired) electrons. The lowest BCUT2D eigenvalue weighted by Gasteiger charge is -2.14. The molecule has 1 aromatic carbocycles. The topological polar surface area (TPSA) is 46.6 Å². The van der Waals surface area contributed by atoms with Gasteiger partial charge in [0.05, 0.1) is 18.6 Å². The predicted molar refractivity (Wildman–Crippen MR) is 77.3 cm³/mol. The summed E-state index contributed by atoms with van der Waals surface area (Å²) in [5.74, 6) is -0.815. The number of nitrogens with zero attached hydrogens (tertiary/aromatic N) is 1. The van der Waals surface area contributed by atoms with E-state index in [1.165, 1.54) is 18.1 Å². The number of hydrogen-bond donors (Lipinski definition) is 0. The highest BCUT2D eigenvalue weighted by Gasteiger charge is 2.32. The standard InChI is InChI=1S/C13H11NO3S2/c1-17-11(15)7-10-12(16)14(13(18)19-10)8-9-5-3-2-4-6-9/h2-7H,8H2,1H3/b10-7+. The molecule has 0 bridgehead atoms. The summed E-state index contributed by atoms with van der Waals surface area (Å²) in [7, 11) is 1.27. The molecule has 1 amide bonds. The molecule has 2 rings (SSSR count). The molecule has 4 nitrogen and oxygen atoms in total. The van der Waals surface area contributed by atoms with Gasteiger partial charge >= 0.3 is 5.97 Å². The predicted octanol–water partition coefficient (Wildman–Crippen LogP) is 2.10. The second kappa shape index (κ2) is 5.99. The van der Waals surface area contributed by atoms with Crippen LogP contribution >= 0.6 is 24.0 Å². The highest BCUT2D eigenvalue weighted by atomic mass is 32.2. The molecule has 1 heterocycles. The lowest BCUT2D eigenvalue weighted by Crippen LogP contribution is -2.27. The van der Waals surface area contributed by atoms with Crippen LogP contribution in [0.3, 0.4) is 0 Å². The van der Waals surface area contributed by atoms with E-state index in [1.54, 1.807) is 0 Å². The van der Waals surface area contributed by atoms with E-state index < -0.39 is 5.97 Å². The van der Waals surface area contributed by atoms with Gasteiger partial charge in [-0.3, -0.25) is 9.69 Å². The summed E-state index contributed by atoms with van der Waals surface area (Å²) >= 11 is 6.27. The Morgan fingerprint density at radius 2 is 2.11 bits per heavy atom. The Labute approximate surface area is 120 Å². The van der Waals surface area contributed by atoms with Crippen LogP contribution in [0.4, 0.5) is 0 Å². The number of carbonyl (C=O) groups excluding carboxylic acids is 2. The summed E-state index contributed by atoms with van der Waals surface area (Å²) < 4.78 is 4.95. The lowest BCUT2D eigenvalue weighted by molar-refractivity contribution is -0.135. The number of hydrogen-bond acceptors (Lipinski definition) is 5. The molecule has 0 spiro atoms. The monoisotopic (exact) mass is 293 g/mol. The number of thiocarbonyl (C=S) groups is 1. The quantitative estimate of drug-likeness (QED) is 0.485. The minimum absolute atomic E-state index is 0.260. The average molecular weight is 293 g/mol. The Hall–Kier alpha value is -1.66. The van der Waals surface area contributed by atoms with Gasteiger partial charge in [-0.1, -0.05) is 54.3 Å². The van der Waals surface area contributed by atoms with E-state index in [4.69, 9.17) is 12.2 Å². The largest absolute Gasteiger partial charge is 0.466 e. The van der Waals surface area contributed by atoms with Crippen LogP contribution in [0.1, 0.15) is 5.56 Å². The maximum absolute atomic E-state index is 12.1. The SMILES string of the molecule is COC(=O)/C=C1/SC(=S)N(Cc2ccccc2)C1=O. The molecular weight excluding hydrogens is 282 g/mol. The Morgan fingerprint density at radius 1 is 1.42 bits per heavy atom. The van der Waals surface area contributed by atoms with E-state index in [9.17, 15) is 9.59 Å². The molecule has 0 saturated carbocycles. The first-order valence-corrected chi connectivity index (χ1v) is 6.71. The van der Waals surface area contributed by atoms with Crippen LogP contribution in [0, 0.1) is 0 Å². The fraction of sp³-hybridized carbons (Fsp3) is 0.154. The second-order valence-electron chi connectivity index (χ2n) is 3.78. The third kappa shape index (κ3) is 3.21. The van der Waals surface area contributed by atoms with Crippen LogP contribution in [0.25, 0.3) is 0 Å². The zero-order chi connectivity index (χ0) is 13.8. The number of thioether (sulfide) groups is 1. The number of amides is 1.